The van der Waals surface area contributed by atoms with Crippen LogP contribution in [-0.2, 0) is 32.6 Å². The Bertz CT molecular complexity index is 1480. The molecule has 2 amide bonds. The standard InChI is InChI=1S/C33H42BrN3O5S/c1-6-42-30-19-11-10-18-28(30)37(43(5,40)41)21-13-20-31(38)36(24-26-16-12-17-27(34)22-26)29(32(39)35-33(2,3)4)23-25-14-8-7-9-15-25/h7-12,14-19,22,29H,6,13,20-21,23-24H2,1-5H3,(H,35,39)/t29-/m1/s1. The van der Waals surface area contributed by atoms with E-state index in [-0.39, 0.29) is 37.7 Å². The number of nitrogens with one attached hydrogen (secondary N) is 1. The van der Waals surface area contributed by atoms with Crippen molar-refractivity contribution in [2.45, 2.75) is 65.1 Å². The first kappa shape index (κ1) is 34.1. The van der Waals surface area contributed by atoms with Gasteiger partial charge in [-0.2, -0.15) is 0 Å². The van der Waals surface area contributed by atoms with Crippen LogP contribution in [0.5, 0.6) is 5.75 Å². The molecule has 10 heteroatoms. The van der Waals surface area contributed by atoms with Gasteiger partial charge in [-0.3, -0.25) is 13.9 Å². The second-order valence-electron chi connectivity index (χ2n) is 11.4. The van der Waals surface area contributed by atoms with Gasteiger partial charge in [0.15, 0.2) is 0 Å². The van der Waals surface area contributed by atoms with Crippen molar-refractivity contribution < 1.29 is 22.7 Å². The maximum Gasteiger partial charge on any atom is 0.243 e. The fraction of sp³-hybridized carbons (Fsp3) is 0.394. The van der Waals surface area contributed by atoms with E-state index in [1.165, 1.54) is 4.31 Å². The molecule has 0 aliphatic rings. The molecule has 0 aliphatic carbocycles. The van der Waals surface area contributed by atoms with Gasteiger partial charge in [0.05, 0.1) is 18.6 Å². The molecule has 1 N–H and O–H groups in total. The summed E-state index contributed by atoms with van der Waals surface area (Å²) in [6.45, 7) is 8.24. The number of hydrogen-bond acceptors (Lipinski definition) is 5. The lowest BCUT2D eigenvalue weighted by atomic mass is 10.00. The van der Waals surface area contributed by atoms with Crippen molar-refractivity contribution in [3.8, 4) is 5.75 Å². The lowest BCUT2D eigenvalue weighted by Gasteiger charge is -2.34. The highest BCUT2D eigenvalue weighted by Crippen LogP contribution is 2.30. The number of anilines is 1. The number of benzene rings is 3. The Kier molecular flexibility index (Phi) is 12.2. The second kappa shape index (κ2) is 15.4. The molecule has 3 aromatic carbocycles. The monoisotopic (exact) mass is 671 g/mol. The molecular formula is C33H42BrN3O5S. The minimum absolute atomic E-state index is 0.0465. The zero-order chi connectivity index (χ0) is 31.6. The van der Waals surface area contributed by atoms with E-state index in [2.05, 4.69) is 21.2 Å². The topological polar surface area (TPSA) is 96.0 Å². The van der Waals surface area contributed by atoms with Gasteiger partial charge in [0.1, 0.15) is 11.8 Å². The number of ether oxygens (including phenoxy) is 1. The Morgan fingerprint density at radius 1 is 0.953 bits per heavy atom. The van der Waals surface area contributed by atoms with Crippen molar-refractivity contribution in [3.05, 3.63) is 94.5 Å². The van der Waals surface area contributed by atoms with Crippen LogP contribution in [0.3, 0.4) is 0 Å². The normalized spacial score (nSPS) is 12.3. The molecule has 0 spiro atoms. The molecular weight excluding hydrogens is 630 g/mol. The molecule has 8 nitrogen and oxygen atoms in total. The molecule has 43 heavy (non-hydrogen) atoms. The van der Waals surface area contributed by atoms with Crippen molar-refractivity contribution in [2.75, 3.05) is 23.7 Å². The molecule has 232 valence electrons. The molecule has 0 heterocycles. The molecule has 0 radical (unpaired) electrons. The Morgan fingerprint density at radius 2 is 1.60 bits per heavy atom. The maximum absolute atomic E-state index is 14.0. The number of halogens is 1. The molecule has 0 aliphatic heterocycles. The molecule has 0 saturated heterocycles. The van der Waals surface area contributed by atoms with Gasteiger partial charge < -0.3 is 15.0 Å². The Hall–Kier alpha value is -3.37. The van der Waals surface area contributed by atoms with Crippen LogP contribution >= 0.6 is 15.9 Å². The van der Waals surface area contributed by atoms with Crippen LogP contribution in [0.1, 0.15) is 51.7 Å². The lowest BCUT2D eigenvalue weighted by molar-refractivity contribution is -0.142. The van der Waals surface area contributed by atoms with Crippen LogP contribution in [0.25, 0.3) is 0 Å². The van der Waals surface area contributed by atoms with Gasteiger partial charge in [-0.05, 0) is 69.5 Å². The molecule has 3 aromatic rings. The smallest absolute Gasteiger partial charge is 0.243 e. The summed E-state index contributed by atoms with van der Waals surface area (Å²) in [6.07, 6.45) is 1.77. The molecule has 0 saturated carbocycles. The third-order valence-electron chi connectivity index (χ3n) is 6.60. The number of nitrogens with zero attached hydrogens (tertiary/aromatic N) is 2. The van der Waals surface area contributed by atoms with Crippen molar-refractivity contribution in [1.29, 1.82) is 0 Å². The summed E-state index contributed by atoms with van der Waals surface area (Å²) in [5, 5.41) is 3.06. The number of para-hydroxylation sites is 2. The van der Waals surface area contributed by atoms with Gasteiger partial charge in [0.25, 0.3) is 0 Å². The Balaban J connectivity index is 1.92. The summed E-state index contributed by atoms with van der Waals surface area (Å²) in [5.41, 5.74) is 1.73. The van der Waals surface area contributed by atoms with Gasteiger partial charge in [-0.25, -0.2) is 8.42 Å². The summed E-state index contributed by atoms with van der Waals surface area (Å²) in [7, 11) is -3.66. The first-order chi connectivity index (χ1) is 20.3. The molecule has 0 aromatic heterocycles. The van der Waals surface area contributed by atoms with Crippen molar-refractivity contribution in [1.82, 2.24) is 10.2 Å². The van der Waals surface area contributed by atoms with E-state index in [1.807, 2.05) is 82.3 Å². The molecule has 0 bridgehead atoms. The third kappa shape index (κ3) is 10.7. The average molecular weight is 673 g/mol. The summed E-state index contributed by atoms with van der Waals surface area (Å²) >= 11 is 3.51. The fourth-order valence-electron chi connectivity index (χ4n) is 4.76. The van der Waals surface area contributed by atoms with Crippen LogP contribution in [0, 0.1) is 0 Å². The van der Waals surface area contributed by atoms with Gasteiger partial charge in [0, 0.05) is 35.9 Å². The number of sulfonamides is 1. The quantitative estimate of drug-likeness (QED) is 0.229. The Morgan fingerprint density at radius 3 is 2.23 bits per heavy atom. The van der Waals surface area contributed by atoms with E-state index >= 15 is 0 Å². The Labute approximate surface area is 264 Å². The number of hydrogen-bond donors (Lipinski definition) is 1. The molecule has 1 atom stereocenters. The lowest BCUT2D eigenvalue weighted by Crippen LogP contribution is -2.54. The van der Waals surface area contributed by atoms with Gasteiger partial charge in [-0.1, -0.05) is 70.5 Å². The van der Waals surface area contributed by atoms with Crippen LogP contribution < -0.4 is 14.4 Å². The third-order valence-corrected chi connectivity index (χ3v) is 8.27. The minimum atomic E-state index is -3.66. The van der Waals surface area contributed by atoms with E-state index in [1.54, 1.807) is 29.2 Å². The summed E-state index contributed by atoms with van der Waals surface area (Å²) in [6, 6.07) is 23.4. The van der Waals surface area contributed by atoms with Crippen molar-refractivity contribution >= 4 is 43.5 Å². The van der Waals surface area contributed by atoms with Gasteiger partial charge >= 0.3 is 0 Å². The predicted molar refractivity (Wildman–Crippen MR) is 176 cm³/mol. The second-order valence-corrected chi connectivity index (χ2v) is 14.3. The van der Waals surface area contributed by atoms with Crippen LogP contribution in [-0.4, -0.2) is 56.1 Å². The average Bonchev–Trinajstić information content (AvgIpc) is 2.92. The molecule has 3 rings (SSSR count). The minimum Gasteiger partial charge on any atom is -0.492 e. The van der Waals surface area contributed by atoms with Crippen molar-refractivity contribution in [3.63, 3.8) is 0 Å². The zero-order valence-corrected chi connectivity index (χ0v) is 27.9. The summed E-state index contributed by atoms with van der Waals surface area (Å²) in [5.74, 6) is -0.0283. The first-order valence-corrected chi connectivity index (χ1v) is 17.0. The van der Waals surface area contributed by atoms with E-state index in [4.69, 9.17) is 4.74 Å². The van der Waals surface area contributed by atoms with E-state index in [0.29, 0.717) is 24.5 Å². The zero-order valence-electron chi connectivity index (χ0n) is 25.5. The van der Waals surface area contributed by atoms with Crippen LogP contribution in [0.4, 0.5) is 5.69 Å². The predicted octanol–water partition coefficient (Wildman–Crippen LogP) is 5.95. The summed E-state index contributed by atoms with van der Waals surface area (Å²) < 4.78 is 33.5. The highest BCUT2D eigenvalue weighted by Gasteiger charge is 2.32. The number of rotatable bonds is 14. The summed E-state index contributed by atoms with van der Waals surface area (Å²) in [4.78, 5) is 29.4. The first-order valence-electron chi connectivity index (χ1n) is 14.4. The van der Waals surface area contributed by atoms with Crippen LogP contribution in [0.15, 0.2) is 83.3 Å². The van der Waals surface area contributed by atoms with E-state index in [9.17, 15) is 18.0 Å². The largest absolute Gasteiger partial charge is 0.492 e. The number of amides is 2. The van der Waals surface area contributed by atoms with Gasteiger partial charge in [-0.15, -0.1) is 0 Å². The van der Waals surface area contributed by atoms with Crippen LogP contribution in [0.2, 0.25) is 0 Å². The van der Waals surface area contributed by atoms with E-state index in [0.717, 1.165) is 21.9 Å². The maximum atomic E-state index is 14.0. The number of carbonyl (C=O) groups excluding carboxylic acids is 2. The molecule has 0 fully saturated rings. The highest BCUT2D eigenvalue weighted by atomic mass is 79.9. The highest BCUT2D eigenvalue weighted by molar-refractivity contribution is 9.10. The van der Waals surface area contributed by atoms with Crippen molar-refractivity contribution in [2.24, 2.45) is 0 Å². The van der Waals surface area contributed by atoms with E-state index < -0.39 is 21.6 Å². The molecule has 0 unspecified atom stereocenters. The van der Waals surface area contributed by atoms with Gasteiger partial charge in [0.2, 0.25) is 21.8 Å². The fourth-order valence-corrected chi connectivity index (χ4v) is 6.18. The number of carbonyl (C=O) groups is 2. The SMILES string of the molecule is CCOc1ccccc1N(CCCC(=O)N(Cc1cccc(Br)c1)[C@H](Cc1ccccc1)C(=O)NC(C)(C)C)S(C)(=O)=O.